The van der Waals surface area contributed by atoms with Gasteiger partial charge in [0.05, 0.1) is 29.6 Å². The zero-order valence-electron chi connectivity index (χ0n) is 22.0. The summed E-state index contributed by atoms with van der Waals surface area (Å²) < 4.78 is 60.9. The first-order chi connectivity index (χ1) is 19.0. The van der Waals surface area contributed by atoms with Gasteiger partial charge in [-0.1, -0.05) is 23.7 Å². The summed E-state index contributed by atoms with van der Waals surface area (Å²) in [7, 11) is 1.52. The minimum atomic E-state index is -4.40. The zero-order valence-corrected chi connectivity index (χ0v) is 23.6. The molecule has 1 fully saturated rings. The third-order valence-electron chi connectivity index (χ3n) is 7.61. The average molecular weight is 599 g/mol. The quantitative estimate of drug-likeness (QED) is 0.178. The number of benzene rings is 2. The van der Waals surface area contributed by atoms with Crippen molar-refractivity contribution in [2.75, 3.05) is 32.5 Å². The third kappa shape index (κ3) is 7.39. The smallest absolute Gasteiger partial charge is 0.417 e. The molecular formula is C29H31ClF4N2O3S. The number of aliphatic carboxylic acids is 1. The van der Waals surface area contributed by atoms with Crippen LogP contribution in [-0.4, -0.2) is 53.5 Å². The third-order valence-corrected chi connectivity index (χ3v) is 8.96. The number of carboxylic acids is 1. The molecule has 0 radical (unpaired) electrons. The molecule has 0 aliphatic carbocycles. The zero-order chi connectivity index (χ0) is 28.9. The van der Waals surface area contributed by atoms with Crippen LogP contribution in [0.3, 0.4) is 0 Å². The number of pyridine rings is 1. The van der Waals surface area contributed by atoms with E-state index in [0.29, 0.717) is 66.9 Å². The van der Waals surface area contributed by atoms with Crippen molar-refractivity contribution >= 4 is 40.2 Å². The Bertz CT molecular complexity index is 1330. The van der Waals surface area contributed by atoms with Crippen LogP contribution >= 0.6 is 23.4 Å². The highest BCUT2D eigenvalue weighted by atomic mass is 35.5. The normalized spacial score (nSPS) is 16.6. The first-order valence-corrected chi connectivity index (χ1v) is 14.4. The largest absolute Gasteiger partial charge is 0.497 e. The molecule has 0 spiro atoms. The molecule has 1 aromatic heterocycles. The van der Waals surface area contributed by atoms with Crippen LogP contribution in [0.5, 0.6) is 5.75 Å². The summed E-state index contributed by atoms with van der Waals surface area (Å²) in [4.78, 5) is 18.4. The van der Waals surface area contributed by atoms with E-state index >= 15 is 4.39 Å². The Morgan fingerprint density at radius 2 is 1.95 bits per heavy atom. The van der Waals surface area contributed by atoms with Crippen molar-refractivity contribution in [2.24, 2.45) is 5.41 Å². The Morgan fingerprint density at radius 1 is 1.23 bits per heavy atom. The number of halogens is 5. The van der Waals surface area contributed by atoms with E-state index in [9.17, 15) is 23.1 Å². The van der Waals surface area contributed by atoms with Crippen molar-refractivity contribution in [3.63, 3.8) is 0 Å². The van der Waals surface area contributed by atoms with Crippen LogP contribution in [0.25, 0.3) is 10.9 Å². The Labute approximate surface area is 239 Å². The van der Waals surface area contributed by atoms with Gasteiger partial charge in [0, 0.05) is 34.3 Å². The van der Waals surface area contributed by atoms with Crippen LogP contribution in [0.4, 0.5) is 17.6 Å². The second-order valence-electron chi connectivity index (χ2n) is 10.2. The lowest BCUT2D eigenvalue weighted by Crippen LogP contribution is -2.42. The molecular weight excluding hydrogens is 568 g/mol. The maximum atomic E-state index is 15.8. The summed E-state index contributed by atoms with van der Waals surface area (Å²) in [6.07, 6.45) is -2.87. The number of hydrogen-bond donors (Lipinski definition) is 1. The van der Waals surface area contributed by atoms with E-state index in [2.05, 4.69) is 9.88 Å². The van der Waals surface area contributed by atoms with Gasteiger partial charge in [-0.05, 0) is 74.5 Å². The Balaban J connectivity index is 1.38. The average Bonchev–Trinajstić information content (AvgIpc) is 2.92. The van der Waals surface area contributed by atoms with E-state index in [4.69, 9.17) is 16.3 Å². The fourth-order valence-electron chi connectivity index (χ4n) is 5.39. The molecule has 1 aliphatic heterocycles. The highest BCUT2D eigenvalue weighted by Gasteiger charge is 2.38. The molecule has 0 bridgehead atoms. The summed E-state index contributed by atoms with van der Waals surface area (Å²) in [6.45, 7) is 1.77. The molecule has 0 saturated carbocycles. The van der Waals surface area contributed by atoms with Crippen molar-refractivity contribution in [2.45, 2.75) is 49.3 Å². The summed E-state index contributed by atoms with van der Waals surface area (Å²) in [5.74, 6) is 0.0999. The van der Waals surface area contributed by atoms with Gasteiger partial charge in [-0.2, -0.15) is 13.2 Å². The number of likely N-dealkylation sites (tertiary alicyclic amines) is 1. The SMILES string of the molecule is COc1ccc2ncc(Cl)c([C@H](F)CCC3(CC(=O)O)CCN(CCSc4ccccc4C(F)(F)F)CC3)c2c1. The van der Waals surface area contributed by atoms with Gasteiger partial charge in [0.15, 0.2) is 0 Å². The Morgan fingerprint density at radius 3 is 2.62 bits per heavy atom. The lowest BCUT2D eigenvalue weighted by molar-refractivity contribution is -0.141. The van der Waals surface area contributed by atoms with Gasteiger partial charge in [-0.3, -0.25) is 9.78 Å². The lowest BCUT2D eigenvalue weighted by Gasteiger charge is -2.41. The fraction of sp³-hybridized carbons (Fsp3) is 0.448. The number of rotatable bonds is 11. The van der Waals surface area contributed by atoms with Crippen molar-refractivity contribution in [3.8, 4) is 5.75 Å². The molecule has 2 aromatic carbocycles. The van der Waals surface area contributed by atoms with Gasteiger partial charge >= 0.3 is 12.1 Å². The van der Waals surface area contributed by atoms with E-state index in [1.54, 1.807) is 24.3 Å². The van der Waals surface area contributed by atoms with Crippen molar-refractivity contribution in [3.05, 3.63) is 64.8 Å². The van der Waals surface area contributed by atoms with Gasteiger partial charge in [-0.15, -0.1) is 11.8 Å². The molecule has 0 unspecified atom stereocenters. The van der Waals surface area contributed by atoms with Gasteiger partial charge in [0.25, 0.3) is 0 Å². The van der Waals surface area contributed by atoms with Crippen LogP contribution in [0.1, 0.15) is 49.4 Å². The maximum absolute atomic E-state index is 15.8. The molecule has 3 aromatic rings. The molecule has 40 heavy (non-hydrogen) atoms. The van der Waals surface area contributed by atoms with Crippen LogP contribution in [0.15, 0.2) is 53.6 Å². The summed E-state index contributed by atoms with van der Waals surface area (Å²) in [6, 6.07) is 10.7. The van der Waals surface area contributed by atoms with E-state index in [-0.39, 0.29) is 22.8 Å². The monoisotopic (exact) mass is 598 g/mol. The molecule has 1 saturated heterocycles. The number of piperidine rings is 1. The molecule has 11 heteroatoms. The fourth-order valence-corrected chi connectivity index (χ4v) is 6.74. The molecule has 2 heterocycles. The second-order valence-corrected chi connectivity index (χ2v) is 11.7. The predicted octanol–water partition coefficient (Wildman–Crippen LogP) is 8.06. The number of carboxylic acid groups (broad SMARTS) is 1. The summed E-state index contributed by atoms with van der Waals surface area (Å²) >= 11 is 7.54. The highest BCUT2D eigenvalue weighted by Crippen LogP contribution is 2.44. The number of ether oxygens (including phenoxy) is 1. The minimum absolute atomic E-state index is 0.0695. The van der Waals surface area contributed by atoms with E-state index in [1.807, 2.05) is 0 Å². The number of fused-ring (bicyclic) bond motifs is 1. The number of hydrogen-bond acceptors (Lipinski definition) is 5. The predicted molar refractivity (Wildman–Crippen MR) is 149 cm³/mol. The molecule has 216 valence electrons. The molecule has 1 aliphatic rings. The van der Waals surface area contributed by atoms with Crippen LogP contribution in [-0.2, 0) is 11.0 Å². The lowest BCUT2D eigenvalue weighted by atomic mass is 9.71. The number of nitrogens with zero attached hydrogens (tertiary/aromatic N) is 2. The van der Waals surface area contributed by atoms with Gasteiger partial charge in [0.1, 0.15) is 11.9 Å². The first kappa shape index (κ1) is 30.4. The maximum Gasteiger partial charge on any atom is 0.417 e. The second kappa shape index (κ2) is 13.0. The van der Waals surface area contributed by atoms with E-state index in [0.717, 1.165) is 17.8 Å². The van der Waals surface area contributed by atoms with Crippen molar-refractivity contribution in [1.82, 2.24) is 9.88 Å². The number of aromatic nitrogens is 1. The minimum Gasteiger partial charge on any atom is -0.497 e. The first-order valence-electron chi connectivity index (χ1n) is 13.0. The van der Waals surface area contributed by atoms with Crippen LogP contribution < -0.4 is 4.74 Å². The van der Waals surface area contributed by atoms with E-state index in [1.165, 1.54) is 25.4 Å². The number of methoxy groups -OCH3 is 1. The number of alkyl halides is 4. The van der Waals surface area contributed by atoms with Gasteiger partial charge < -0.3 is 14.7 Å². The molecule has 5 nitrogen and oxygen atoms in total. The number of thioether (sulfide) groups is 1. The van der Waals surface area contributed by atoms with Gasteiger partial charge in [0.2, 0.25) is 0 Å². The van der Waals surface area contributed by atoms with Gasteiger partial charge in [-0.25, -0.2) is 4.39 Å². The molecule has 0 amide bonds. The highest BCUT2D eigenvalue weighted by molar-refractivity contribution is 7.99. The van der Waals surface area contributed by atoms with Crippen LogP contribution in [0.2, 0.25) is 5.02 Å². The Kier molecular flexibility index (Phi) is 9.85. The van der Waals surface area contributed by atoms with Crippen molar-refractivity contribution < 1.29 is 32.2 Å². The topological polar surface area (TPSA) is 62.7 Å². The molecule has 4 rings (SSSR count). The van der Waals surface area contributed by atoms with Crippen LogP contribution in [0, 0.1) is 5.41 Å². The molecule has 1 atom stereocenters. The van der Waals surface area contributed by atoms with E-state index < -0.39 is 29.3 Å². The summed E-state index contributed by atoms with van der Waals surface area (Å²) in [5, 5.41) is 10.4. The van der Waals surface area contributed by atoms with Crippen molar-refractivity contribution in [1.29, 1.82) is 0 Å². The standard InChI is InChI=1S/C29H31ClF4N2O3S/c1-39-19-6-7-24-20(16-19)27(22(30)18-35-24)23(31)8-9-28(17-26(37)38)10-12-36(13-11-28)14-15-40-25-5-3-2-4-21(25)29(32,33)34/h2-7,16,18,23H,8-15,17H2,1H3,(H,37,38)/t23-/m1/s1. The molecule has 1 N–H and O–H groups in total. The Hall–Kier alpha value is -2.56. The summed E-state index contributed by atoms with van der Waals surface area (Å²) in [5.41, 5.74) is -0.299. The number of carbonyl (C=O) groups is 1.